The molecule has 1 aliphatic carbocycles. The first kappa shape index (κ1) is 24.9. The summed E-state index contributed by atoms with van der Waals surface area (Å²) >= 11 is 0. The second-order valence-electron chi connectivity index (χ2n) is 10.4. The van der Waals surface area contributed by atoms with E-state index < -0.39 is 14.1 Å². The number of fused-ring (bicyclic) bond motifs is 3. The van der Waals surface area contributed by atoms with E-state index in [0.29, 0.717) is 35.4 Å². The Morgan fingerprint density at radius 3 is 2.15 bits per heavy atom. The third-order valence-electron chi connectivity index (χ3n) is 7.69. The van der Waals surface area contributed by atoms with Gasteiger partial charge in [0.25, 0.3) is 0 Å². The van der Waals surface area contributed by atoms with E-state index >= 15 is 0 Å². The standard InChI is InChI=1S/C29H38O4Si/c1-8-31-28(30)27-25(22-14-10-9-11-15-22)26-24-17-13-12-16-23(24)18-32-29(26,27)33-34(19(2)3,20(4)5)21(6)7/h9-17,19-21,26H,8,18H2,1-7H3/t26-,29+/m1/s1. The quantitative estimate of drug-likeness (QED) is 0.297. The molecule has 0 bridgehead atoms. The van der Waals surface area contributed by atoms with Gasteiger partial charge in [-0.15, -0.1) is 0 Å². The summed E-state index contributed by atoms with van der Waals surface area (Å²) in [5, 5.41) is 0. The fourth-order valence-corrected chi connectivity index (χ4v) is 11.9. The first-order chi connectivity index (χ1) is 16.2. The van der Waals surface area contributed by atoms with E-state index in [1.54, 1.807) is 0 Å². The lowest BCUT2D eigenvalue weighted by Gasteiger charge is -2.58. The van der Waals surface area contributed by atoms with Crippen LogP contribution in [0.15, 0.2) is 60.2 Å². The van der Waals surface area contributed by atoms with Crippen molar-refractivity contribution in [2.24, 2.45) is 0 Å². The summed E-state index contributed by atoms with van der Waals surface area (Å²) in [6.07, 6.45) is 0. The van der Waals surface area contributed by atoms with Gasteiger partial charge in [-0.05, 0) is 45.8 Å². The van der Waals surface area contributed by atoms with Gasteiger partial charge in [0.2, 0.25) is 14.1 Å². The summed E-state index contributed by atoms with van der Waals surface area (Å²) in [5.41, 5.74) is 5.91. The molecule has 2 aliphatic rings. The van der Waals surface area contributed by atoms with E-state index in [4.69, 9.17) is 13.9 Å². The maximum Gasteiger partial charge on any atom is 0.339 e. The normalized spacial score (nSPS) is 22.0. The number of hydrogen-bond donors (Lipinski definition) is 0. The summed E-state index contributed by atoms with van der Waals surface area (Å²) in [6, 6.07) is 18.5. The van der Waals surface area contributed by atoms with Gasteiger partial charge in [0.15, 0.2) is 0 Å². The number of carbonyl (C=O) groups is 1. The van der Waals surface area contributed by atoms with E-state index in [1.807, 2.05) is 31.2 Å². The summed E-state index contributed by atoms with van der Waals surface area (Å²) in [5.74, 6) is -1.64. The summed E-state index contributed by atoms with van der Waals surface area (Å²) in [7, 11) is -2.41. The lowest BCUT2D eigenvalue weighted by Crippen LogP contribution is -2.64. The molecule has 0 amide bonds. The Morgan fingerprint density at radius 2 is 1.56 bits per heavy atom. The minimum atomic E-state index is -2.41. The summed E-state index contributed by atoms with van der Waals surface area (Å²) < 4.78 is 19.7. The number of hydrogen-bond acceptors (Lipinski definition) is 4. The van der Waals surface area contributed by atoms with Crippen LogP contribution < -0.4 is 0 Å². The van der Waals surface area contributed by atoms with Crippen molar-refractivity contribution in [3.05, 3.63) is 76.9 Å². The second-order valence-corrected chi connectivity index (χ2v) is 15.8. The summed E-state index contributed by atoms with van der Waals surface area (Å²) in [6.45, 7) is 16.1. The van der Waals surface area contributed by atoms with Crippen molar-refractivity contribution in [2.75, 3.05) is 6.61 Å². The molecule has 1 heterocycles. The number of rotatable bonds is 8. The highest BCUT2D eigenvalue weighted by molar-refractivity contribution is 6.77. The molecular formula is C29H38O4Si. The molecule has 0 unspecified atom stereocenters. The molecule has 0 spiro atoms. The largest absolute Gasteiger partial charge is 0.462 e. The molecule has 0 radical (unpaired) electrons. The highest BCUT2D eigenvalue weighted by Crippen LogP contribution is 2.63. The average Bonchev–Trinajstić information content (AvgIpc) is 2.79. The van der Waals surface area contributed by atoms with Gasteiger partial charge in [0.1, 0.15) is 5.57 Å². The van der Waals surface area contributed by atoms with Gasteiger partial charge in [-0.2, -0.15) is 0 Å². The van der Waals surface area contributed by atoms with Gasteiger partial charge in [0.05, 0.1) is 19.1 Å². The van der Waals surface area contributed by atoms with E-state index in [0.717, 1.165) is 16.7 Å². The molecule has 0 saturated carbocycles. The van der Waals surface area contributed by atoms with Crippen molar-refractivity contribution in [1.29, 1.82) is 0 Å². The van der Waals surface area contributed by atoms with Crippen LogP contribution in [0, 0.1) is 0 Å². The molecular weight excluding hydrogens is 440 g/mol. The van der Waals surface area contributed by atoms with E-state index in [1.165, 1.54) is 5.56 Å². The fourth-order valence-electron chi connectivity index (χ4n) is 6.38. The van der Waals surface area contributed by atoms with Crippen LogP contribution in [-0.2, 0) is 25.3 Å². The van der Waals surface area contributed by atoms with Gasteiger partial charge in [-0.3, -0.25) is 0 Å². The number of esters is 1. The molecule has 5 heteroatoms. The van der Waals surface area contributed by atoms with Crippen LogP contribution in [0.1, 0.15) is 71.1 Å². The third kappa shape index (κ3) is 3.69. The van der Waals surface area contributed by atoms with E-state index in [2.05, 4.69) is 71.9 Å². The minimum Gasteiger partial charge on any atom is -0.462 e. The van der Waals surface area contributed by atoms with Gasteiger partial charge in [-0.25, -0.2) is 4.79 Å². The highest BCUT2D eigenvalue weighted by atomic mass is 28.4. The number of ether oxygens (including phenoxy) is 2. The van der Waals surface area contributed by atoms with Crippen LogP contribution in [-0.4, -0.2) is 26.7 Å². The molecule has 182 valence electrons. The van der Waals surface area contributed by atoms with Crippen molar-refractivity contribution in [2.45, 2.75) is 83.4 Å². The smallest absolute Gasteiger partial charge is 0.339 e. The zero-order chi connectivity index (χ0) is 24.7. The van der Waals surface area contributed by atoms with Crippen molar-refractivity contribution in [3.63, 3.8) is 0 Å². The molecule has 2 atom stereocenters. The predicted molar refractivity (Wildman–Crippen MR) is 139 cm³/mol. The van der Waals surface area contributed by atoms with Crippen LogP contribution in [0.3, 0.4) is 0 Å². The van der Waals surface area contributed by atoms with Gasteiger partial charge in [0, 0.05) is 0 Å². The molecule has 1 aliphatic heterocycles. The minimum absolute atomic E-state index is 0.178. The maximum atomic E-state index is 13.6. The van der Waals surface area contributed by atoms with Crippen LogP contribution >= 0.6 is 0 Å². The number of carbonyl (C=O) groups excluding carboxylic acids is 1. The van der Waals surface area contributed by atoms with Crippen molar-refractivity contribution >= 4 is 19.9 Å². The SMILES string of the molecule is CCOC(=O)C1=C(c2ccccc2)[C@H]2c3ccccc3CO[C@@]12O[Si](C(C)C)(C(C)C)C(C)C. The molecule has 2 aromatic rings. The Hall–Kier alpha value is -2.21. The van der Waals surface area contributed by atoms with Crippen molar-refractivity contribution < 1.29 is 18.7 Å². The molecule has 0 saturated heterocycles. The maximum absolute atomic E-state index is 13.6. The molecule has 0 aromatic heterocycles. The Kier molecular flexibility index (Phi) is 6.91. The molecule has 0 N–H and O–H groups in total. The highest BCUT2D eigenvalue weighted by Gasteiger charge is 2.66. The second kappa shape index (κ2) is 9.44. The fraction of sp³-hybridized carbons (Fsp3) is 0.483. The molecule has 4 rings (SSSR count). The zero-order valence-electron chi connectivity index (χ0n) is 21.6. The van der Waals surface area contributed by atoms with Crippen molar-refractivity contribution in [3.8, 4) is 0 Å². The van der Waals surface area contributed by atoms with Crippen LogP contribution in [0.2, 0.25) is 16.6 Å². The lowest BCUT2D eigenvalue weighted by molar-refractivity contribution is -0.205. The summed E-state index contributed by atoms with van der Waals surface area (Å²) in [4.78, 5) is 13.6. The van der Waals surface area contributed by atoms with Crippen LogP contribution in [0.25, 0.3) is 5.57 Å². The van der Waals surface area contributed by atoms with Gasteiger partial charge in [-0.1, -0.05) is 96.1 Å². The Balaban J connectivity index is 2.00. The van der Waals surface area contributed by atoms with Crippen molar-refractivity contribution in [1.82, 2.24) is 0 Å². The third-order valence-corrected chi connectivity index (χ3v) is 13.8. The first-order valence-corrected chi connectivity index (χ1v) is 14.7. The monoisotopic (exact) mass is 478 g/mol. The Morgan fingerprint density at radius 1 is 0.971 bits per heavy atom. The average molecular weight is 479 g/mol. The predicted octanol–water partition coefficient (Wildman–Crippen LogP) is 7.22. The molecule has 0 fully saturated rings. The Bertz CT molecular complexity index is 1050. The molecule has 34 heavy (non-hydrogen) atoms. The Labute approximate surface area is 205 Å². The van der Waals surface area contributed by atoms with E-state index in [9.17, 15) is 4.79 Å². The van der Waals surface area contributed by atoms with Crippen LogP contribution in [0.5, 0.6) is 0 Å². The van der Waals surface area contributed by atoms with Gasteiger partial charge < -0.3 is 13.9 Å². The first-order valence-electron chi connectivity index (χ1n) is 12.6. The van der Waals surface area contributed by atoms with Gasteiger partial charge >= 0.3 is 5.97 Å². The van der Waals surface area contributed by atoms with Crippen LogP contribution in [0.4, 0.5) is 0 Å². The van der Waals surface area contributed by atoms with E-state index in [-0.39, 0.29) is 11.9 Å². The zero-order valence-corrected chi connectivity index (χ0v) is 22.6. The molecule has 4 nitrogen and oxygen atoms in total. The number of benzene rings is 2. The lowest BCUT2D eigenvalue weighted by atomic mass is 9.63. The topological polar surface area (TPSA) is 44.8 Å². The molecule has 2 aromatic carbocycles.